The largest absolute Gasteiger partial charge is 0.496 e. The van der Waals surface area contributed by atoms with Gasteiger partial charge in [-0.3, -0.25) is 0 Å². The van der Waals surface area contributed by atoms with Crippen LogP contribution >= 0.6 is 0 Å². The molecule has 2 atom stereocenters. The lowest BCUT2D eigenvalue weighted by molar-refractivity contribution is 0.347. The number of aryl methyl sites for hydroxylation is 1. The summed E-state index contributed by atoms with van der Waals surface area (Å²) in [5.41, 5.74) is 2.96. The van der Waals surface area contributed by atoms with E-state index in [0.29, 0.717) is 12.0 Å². The predicted octanol–water partition coefficient (Wildman–Crippen LogP) is 3.67. The molecule has 1 N–H and O–H groups in total. The maximum absolute atomic E-state index is 5.65. The van der Waals surface area contributed by atoms with Crippen LogP contribution in [0.15, 0.2) is 30.9 Å². The highest BCUT2D eigenvalue weighted by Crippen LogP contribution is 2.46. The van der Waals surface area contributed by atoms with E-state index in [0.717, 1.165) is 24.6 Å². The summed E-state index contributed by atoms with van der Waals surface area (Å²) in [5, 5.41) is 3.67. The van der Waals surface area contributed by atoms with Crippen molar-refractivity contribution < 1.29 is 4.74 Å². The van der Waals surface area contributed by atoms with E-state index in [1.165, 1.54) is 36.8 Å². The molecule has 20 heavy (non-hydrogen) atoms. The molecule has 1 aromatic carbocycles. The first-order valence-electron chi connectivity index (χ1n) is 7.83. The van der Waals surface area contributed by atoms with Gasteiger partial charge in [0.15, 0.2) is 0 Å². The molecule has 0 aliphatic heterocycles. The second-order valence-corrected chi connectivity index (χ2v) is 6.16. The van der Waals surface area contributed by atoms with Gasteiger partial charge in [0.2, 0.25) is 0 Å². The molecule has 0 amide bonds. The zero-order valence-electron chi connectivity index (χ0n) is 12.4. The van der Waals surface area contributed by atoms with Crippen LogP contribution < -0.4 is 10.1 Å². The molecule has 0 aromatic heterocycles. The van der Waals surface area contributed by atoms with Crippen LogP contribution in [-0.2, 0) is 6.42 Å². The van der Waals surface area contributed by atoms with Crippen molar-refractivity contribution >= 4 is 0 Å². The van der Waals surface area contributed by atoms with Crippen molar-refractivity contribution in [1.29, 1.82) is 0 Å². The maximum atomic E-state index is 5.65. The molecule has 2 heteroatoms. The molecule has 2 aliphatic rings. The smallest absolute Gasteiger partial charge is 0.122 e. The molecular weight excluding hydrogens is 246 g/mol. The average Bonchev–Trinajstić information content (AvgIpc) is 3.29. The lowest BCUT2D eigenvalue weighted by atomic mass is 9.76. The first-order chi connectivity index (χ1) is 9.83. The van der Waals surface area contributed by atoms with Gasteiger partial charge in [0.05, 0.1) is 7.11 Å². The van der Waals surface area contributed by atoms with E-state index in [1.807, 2.05) is 6.08 Å². The van der Waals surface area contributed by atoms with Gasteiger partial charge in [-0.15, -0.1) is 6.58 Å². The normalized spacial score (nSPS) is 25.1. The van der Waals surface area contributed by atoms with E-state index < -0.39 is 0 Å². The third-order valence-corrected chi connectivity index (χ3v) is 4.77. The zero-order valence-corrected chi connectivity index (χ0v) is 12.4. The van der Waals surface area contributed by atoms with E-state index in [-0.39, 0.29) is 0 Å². The highest BCUT2D eigenvalue weighted by molar-refractivity contribution is 5.45. The van der Waals surface area contributed by atoms with Gasteiger partial charge in [-0.05, 0) is 36.8 Å². The molecule has 1 fully saturated rings. The highest BCUT2D eigenvalue weighted by Gasteiger charge is 2.35. The number of hydrogen-bond acceptors (Lipinski definition) is 2. The summed E-state index contributed by atoms with van der Waals surface area (Å²) in [6.07, 6.45) is 8.48. The predicted molar refractivity (Wildman–Crippen MR) is 83.4 cm³/mol. The Kier molecular flexibility index (Phi) is 4.11. The maximum Gasteiger partial charge on any atom is 0.122 e. The van der Waals surface area contributed by atoms with Gasteiger partial charge in [0, 0.05) is 24.1 Å². The summed E-state index contributed by atoms with van der Waals surface area (Å²) in [5.74, 6) is 2.62. The molecule has 0 heterocycles. The van der Waals surface area contributed by atoms with Crippen LogP contribution in [0, 0.1) is 5.92 Å². The van der Waals surface area contributed by atoms with Crippen LogP contribution in [0.1, 0.15) is 42.7 Å². The minimum absolute atomic E-state index is 0.567. The van der Waals surface area contributed by atoms with Crippen molar-refractivity contribution in [2.24, 2.45) is 5.92 Å². The Balaban J connectivity index is 1.90. The summed E-state index contributed by atoms with van der Waals surface area (Å²) in [6, 6.07) is 7.09. The molecule has 0 spiro atoms. The molecule has 0 bridgehead atoms. The van der Waals surface area contributed by atoms with Crippen molar-refractivity contribution in [2.75, 3.05) is 13.7 Å². The van der Waals surface area contributed by atoms with Gasteiger partial charge in [-0.2, -0.15) is 0 Å². The van der Waals surface area contributed by atoms with Crippen molar-refractivity contribution in [1.82, 2.24) is 5.32 Å². The number of methoxy groups -OCH3 is 1. The summed E-state index contributed by atoms with van der Waals surface area (Å²) in [7, 11) is 1.80. The third-order valence-electron chi connectivity index (χ3n) is 4.77. The van der Waals surface area contributed by atoms with E-state index in [1.54, 1.807) is 7.11 Å². The van der Waals surface area contributed by atoms with Crippen molar-refractivity contribution in [2.45, 2.75) is 44.1 Å². The van der Waals surface area contributed by atoms with Gasteiger partial charge in [0.25, 0.3) is 0 Å². The Morgan fingerprint density at radius 2 is 2.20 bits per heavy atom. The fraction of sp³-hybridized carbons (Fsp3) is 0.556. The van der Waals surface area contributed by atoms with E-state index in [4.69, 9.17) is 4.74 Å². The molecule has 1 aromatic rings. The van der Waals surface area contributed by atoms with Crippen LogP contribution in [0.4, 0.5) is 0 Å². The van der Waals surface area contributed by atoms with Gasteiger partial charge >= 0.3 is 0 Å². The van der Waals surface area contributed by atoms with Crippen LogP contribution in [-0.4, -0.2) is 19.7 Å². The van der Waals surface area contributed by atoms with Crippen LogP contribution in [0.2, 0.25) is 0 Å². The number of rotatable bonds is 6. The third kappa shape index (κ3) is 2.76. The minimum Gasteiger partial charge on any atom is -0.496 e. The number of fused-ring (bicyclic) bond motifs is 1. The molecule has 108 valence electrons. The molecule has 0 radical (unpaired) electrons. The summed E-state index contributed by atoms with van der Waals surface area (Å²) in [6.45, 7) is 4.73. The Morgan fingerprint density at radius 1 is 1.35 bits per heavy atom. The molecule has 2 aliphatic carbocycles. The van der Waals surface area contributed by atoms with Gasteiger partial charge < -0.3 is 10.1 Å². The number of nitrogens with one attached hydrogen (secondary N) is 1. The summed E-state index contributed by atoms with van der Waals surface area (Å²) < 4.78 is 5.65. The molecule has 2 nitrogen and oxygen atoms in total. The van der Waals surface area contributed by atoms with Crippen molar-refractivity contribution in [3.63, 3.8) is 0 Å². The molecule has 0 unspecified atom stereocenters. The topological polar surface area (TPSA) is 21.3 Å². The average molecular weight is 271 g/mol. The fourth-order valence-electron chi connectivity index (χ4n) is 3.59. The summed E-state index contributed by atoms with van der Waals surface area (Å²) in [4.78, 5) is 0. The molecule has 3 rings (SSSR count). The first kappa shape index (κ1) is 13.7. The van der Waals surface area contributed by atoms with Gasteiger partial charge in [-0.25, -0.2) is 0 Å². The second-order valence-electron chi connectivity index (χ2n) is 6.16. The van der Waals surface area contributed by atoms with E-state index >= 15 is 0 Å². The Labute approximate surface area is 122 Å². The van der Waals surface area contributed by atoms with Crippen LogP contribution in [0.25, 0.3) is 0 Å². The van der Waals surface area contributed by atoms with Crippen molar-refractivity contribution in [3.8, 4) is 5.75 Å². The van der Waals surface area contributed by atoms with Crippen LogP contribution in [0.5, 0.6) is 5.75 Å². The Hall–Kier alpha value is -1.28. The number of hydrogen-bond donors (Lipinski definition) is 1. The Morgan fingerprint density at radius 3 is 2.90 bits per heavy atom. The monoisotopic (exact) mass is 271 g/mol. The zero-order chi connectivity index (χ0) is 13.9. The lowest BCUT2D eigenvalue weighted by Crippen LogP contribution is -2.39. The standard InChI is InChI=1S/C18H25NO/c1-3-11-19-16-10-9-14-5-4-6-17(20-2)18(14)15(16)12-13-7-8-13/h3-6,13,15-16,19H,1,7-12H2,2H3/t15-,16+/m1/s1. The van der Waals surface area contributed by atoms with Crippen molar-refractivity contribution in [3.05, 3.63) is 42.0 Å². The second kappa shape index (κ2) is 6.01. The minimum atomic E-state index is 0.567. The molecular formula is C18H25NO. The summed E-state index contributed by atoms with van der Waals surface area (Å²) >= 11 is 0. The fourth-order valence-corrected chi connectivity index (χ4v) is 3.59. The van der Waals surface area contributed by atoms with E-state index in [9.17, 15) is 0 Å². The lowest BCUT2D eigenvalue weighted by Gasteiger charge is -2.35. The number of benzene rings is 1. The Bertz CT molecular complexity index is 464. The van der Waals surface area contributed by atoms with Gasteiger partial charge in [-0.1, -0.05) is 31.1 Å². The highest BCUT2D eigenvalue weighted by atomic mass is 16.5. The molecule has 1 saturated carbocycles. The molecule has 0 saturated heterocycles. The number of ether oxygens (including phenoxy) is 1. The first-order valence-corrected chi connectivity index (χ1v) is 7.83. The SMILES string of the molecule is C=CCN[C@H]1CCc2cccc(OC)c2[C@@H]1CC1CC1. The van der Waals surface area contributed by atoms with E-state index in [2.05, 4.69) is 30.1 Å². The van der Waals surface area contributed by atoms with Crippen LogP contribution in [0.3, 0.4) is 0 Å². The van der Waals surface area contributed by atoms with Gasteiger partial charge in [0.1, 0.15) is 5.75 Å². The quantitative estimate of drug-likeness (QED) is 0.797.